The second-order valence-corrected chi connectivity index (χ2v) is 4.67. The molecule has 1 aliphatic heterocycles. The minimum absolute atomic E-state index is 0.0923. The summed E-state index contributed by atoms with van der Waals surface area (Å²) >= 11 is 0. The SMILES string of the molecule is CC(NC(=O)CNC(=O)CN)c1ccc2c(c1)OCCO2. The van der Waals surface area contributed by atoms with Crippen LogP contribution in [0.25, 0.3) is 0 Å². The summed E-state index contributed by atoms with van der Waals surface area (Å²) in [5, 5.41) is 5.21. The molecule has 0 fully saturated rings. The summed E-state index contributed by atoms with van der Waals surface area (Å²) in [5.41, 5.74) is 6.05. The highest BCUT2D eigenvalue weighted by Gasteiger charge is 2.15. The van der Waals surface area contributed by atoms with E-state index >= 15 is 0 Å². The number of nitrogens with one attached hydrogen (secondary N) is 2. The molecule has 0 spiro atoms. The van der Waals surface area contributed by atoms with Crippen molar-refractivity contribution in [3.63, 3.8) is 0 Å². The van der Waals surface area contributed by atoms with Crippen LogP contribution in [0, 0.1) is 0 Å². The Hall–Kier alpha value is -2.28. The average molecular weight is 293 g/mol. The van der Waals surface area contributed by atoms with Gasteiger partial charge in [-0.2, -0.15) is 0 Å². The molecule has 4 N–H and O–H groups in total. The normalized spacial score (nSPS) is 14.2. The summed E-state index contributed by atoms with van der Waals surface area (Å²) < 4.78 is 10.9. The Morgan fingerprint density at radius 2 is 1.95 bits per heavy atom. The van der Waals surface area contributed by atoms with Crippen molar-refractivity contribution in [2.24, 2.45) is 5.73 Å². The first-order valence-corrected chi connectivity index (χ1v) is 6.76. The number of carbonyl (C=O) groups excluding carboxylic acids is 2. The summed E-state index contributed by atoms with van der Waals surface area (Å²) in [6.07, 6.45) is 0. The lowest BCUT2D eigenvalue weighted by Gasteiger charge is -2.21. The van der Waals surface area contributed by atoms with Gasteiger partial charge in [0, 0.05) is 0 Å². The van der Waals surface area contributed by atoms with Crippen LogP contribution in [-0.2, 0) is 9.59 Å². The quantitative estimate of drug-likeness (QED) is 0.692. The molecule has 1 aliphatic rings. The van der Waals surface area contributed by atoms with E-state index < -0.39 is 0 Å². The molecule has 7 heteroatoms. The lowest BCUT2D eigenvalue weighted by Crippen LogP contribution is -2.40. The van der Waals surface area contributed by atoms with Gasteiger partial charge in [-0.25, -0.2) is 0 Å². The number of nitrogens with two attached hydrogens (primary N) is 1. The summed E-state index contributed by atoms with van der Waals surface area (Å²) in [5.74, 6) is 0.742. The molecule has 1 heterocycles. The molecular weight excluding hydrogens is 274 g/mol. The van der Waals surface area contributed by atoms with Crippen LogP contribution in [0.3, 0.4) is 0 Å². The molecule has 21 heavy (non-hydrogen) atoms. The van der Waals surface area contributed by atoms with Crippen molar-refractivity contribution in [1.82, 2.24) is 10.6 Å². The van der Waals surface area contributed by atoms with E-state index in [0.717, 1.165) is 5.56 Å². The van der Waals surface area contributed by atoms with Gasteiger partial charge in [-0.3, -0.25) is 9.59 Å². The molecule has 0 radical (unpaired) electrons. The zero-order valence-corrected chi connectivity index (χ0v) is 11.8. The Morgan fingerprint density at radius 3 is 2.67 bits per heavy atom. The fourth-order valence-electron chi connectivity index (χ4n) is 1.96. The zero-order chi connectivity index (χ0) is 15.2. The van der Waals surface area contributed by atoms with Crippen LogP contribution in [0.1, 0.15) is 18.5 Å². The number of ether oxygens (including phenoxy) is 2. The van der Waals surface area contributed by atoms with E-state index in [2.05, 4.69) is 10.6 Å². The average Bonchev–Trinajstić information content (AvgIpc) is 2.52. The molecule has 1 unspecified atom stereocenters. The third kappa shape index (κ3) is 4.09. The lowest BCUT2D eigenvalue weighted by atomic mass is 10.1. The van der Waals surface area contributed by atoms with Gasteiger partial charge in [-0.05, 0) is 24.6 Å². The van der Waals surface area contributed by atoms with Gasteiger partial charge in [-0.1, -0.05) is 6.07 Å². The number of rotatable bonds is 5. The first kappa shape index (κ1) is 15.1. The molecule has 0 saturated heterocycles. The van der Waals surface area contributed by atoms with Gasteiger partial charge in [-0.15, -0.1) is 0 Å². The molecule has 1 aromatic rings. The Labute approximate surface area is 122 Å². The minimum Gasteiger partial charge on any atom is -0.486 e. The molecule has 114 valence electrons. The fourth-order valence-corrected chi connectivity index (χ4v) is 1.96. The third-order valence-electron chi connectivity index (χ3n) is 3.08. The predicted octanol–water partition coefficient (Wildman–Crippen LogP) is -0.290. The van der Waals surface area contributed by atoms with Gasteiger partial charge < -0.3 is 25.8 Å². The minimum atomic E-state index is -0.364. The topological polar surface area (TPSA) is 103 Å². The summed E-state index contributed by atoms with van der Waals surface area (Å²) in [4.78, 5) is 22.7. The molecule has 1 atom stereocenters. The number of fused-ring (bicyclic) bond motifs is 1. The van der Waals surface area contributed by atoms with Crippen molar-refractivity contribution in [3.05, 3.63) is 23.8 Å². The molecule has 2 rings (SSSR count). The highest BCUT2D eigenvalue weighted by atomic mass is 16.6. The van der Waals surface area contributed by atoms with Gasteiger partial charge in [0.25, 0.3) is 0 Å². The van der Waals surface area contributed by atoms with E-state index in [1.165, 1.54) is 0 Å². The maximum atomic E-state index is 11.7. The van der Waals surface area contributed by atoms with Crippen molar-refractivity contribution in [1.29, 1.82) is 0 Å². The van der Waals surface area contributed by atoms with Crippen LogP contribution in [0.15, 0.2) is 18.2 Å². The van der Waals surface area contributed by atoms with Crippen molar-refractivity contribution < 1.29 is 19.1 Å². The zero-order valence-electron chi connectivity index (χ0n) is 11.8. The van der Waals surface area contributed by atoms with Crippen LogP contribution in [-0.4, -0.2) is 38.1 Å². The van der Waals surface area contributed by atoms with Crippen molar-refractivity contribution in [2.75, 3.05) is 26.3 Å². The summed E-state index contributed by atoms with van der Waals surface area (Å²) in [6, 6.07) is 5.33. The van der Waals surface area contributed by atoms with Crippen LogP contribution in [0.4, 0.5) is 0 Å². The van der Waals surface area contributed by atoms with Crippen LogP contribution >= 0.6 is 0 Å². The maximum absolute atomic E-state index is 11.7. The summed E-state index contributed by atoms with van der Waals surface area (Å²) in [6.45, 7) is 2.69. The highest BCUT2D eigenvalue weighted by molar-refractivity contribution is 5.85. The number of hydrogen-bond donors (Lipinski definition) is 3. The van der Waals surface area contributed by atoms with Crippen molar-refractivity contribution in [2.45, 2.75) is 13.0 Å². The smallest absolute Gasteiger partial charge is 0.239 e. The third-order valence-corrected chi connectivity index (χ3v) is 3.08. The number of amides is 2. The predicted molar refractivity (Wildman–Crippen MR) is 76.1 cm³/mol. The molecule has 7 nitrogen and oxygen atoms in total. The van der Waals surface area contributed by atoms with Gasteiger partial charge in [0.1, 0.15) is 13.2 Å². The van der Waals surface area contributed by atoms with Crippen LogP contribution < -0.4 is 25.8 Å². The fraction of sp³-hybridized carbons (Fsp3) is 0.429. The molecule has 0 saturated carbocycles. The largest absolute Gasteiger partial charge is 0.486 e. The van der Waals surface area contributed by atoms with E-state index in [4.69, 9.17) is 15.2 Å². The standard InChI is InChI=1S/C14H19N3O4/c1-9(17-14(19)8-16-13(18)7-15)10-2-3-11-12(6-10)21-5-4-20-11/h2-3,6,9H,4-5,7-8,15H2,1H3,(H,16,18)(H,17,19). The summed E-state index contributed by atoms with van der Waals surface area (Å²) in [7, 11) is 0. The van der Waals surface area contributed by atoms with Crippen LogP contribution in [0.5, 0.6) is 11.5 Å². The second-order valence-electron chi connectivity index (χ2n) is 4.67. The Balaban J connectivity index is 1.92. The van der Waals surface area contributed by atoms with E-state index in [9.17, 15) is 9.59 Å². The maximum Gasteiger partial charge on any atom is 0.239 e. The Morgan fingerprint density at radius 1 is 1.24 bits per heavy atom. The number of hydrogen-bond acceptors (Lipinski definition) is 5. The van der Waals surface area contributed by atoms with Crippen molar-refractivity contribution >= 4 is 11.8 Å². The Bertz CT molecular complexity index is 533. The molecule has 1 aromatic carbocycles. The van der Waals surface area contributed by atoms with Crippen LogP contribution in [0.2, 0.25) is 0 Å². The second kappa shape index (κ2) is 6.94. The van der Waals surface area contributed by atoms with E-state index in [1.54, 1.807) is 0 Å². The first-order valence-electron chi connectivity index (χ1n) is 6.76. The van der Waals surface area contributed by atoms with Gasteiger partial charge in [0.15, 0.2) is 11.5 Å². The first-order chi connectivity index (χ1) is 10.1. The van der Waals surface area contributed by atoms with Gasteiger partial charge >= 0.3 is 0 Å². The number of benzene rings is 1. The molecule has 0 bridgehead atoms. The van der Waals surface area contributed by atoms with Crippen molar-refractivity contribution in [3.8, 4) is 11.5 Å². The molecule has 0 aromatic heterocycles. The monoisotopic (exact) mass is 293 g/mol. The van der Waals surface area contributed by atoms with E-state index in [0.29, 0.717) is 24.7 Å². The van der Waals surface area contributed by atoms with E-state index in [1.807, 2.05) is 25.1 Å². The number of carbonyl (C=O) groups is 2. The Kier molecular flexibility index (Phi) is 4.99. The highest BCUT2D eigenvalue weighted by Crippen LogP contribution is 2.32. The molecular formula is C14H19N3O4. The molecule has 0 aliphatic carbocycles. The molecule has 2 amide bonds. The van der Waals surface area contributed by atoms with Gasteiger partial charge in [0.2, 0.25) is 11.8 Å². The lowest BCUT2D eigenvalue weighted by molar-refractivity contribution is -0.125. The van der Waals surface area contributed by atoms with Gasteiger partial charge in [0.05, 0.1) is 19.1 Å². The van der Waals surface area contributed by atoms with E-state index in [-0.39, 0.29) is 30.9 Å².